The van der Waals surface area contributed by atoms with Gasteiger partial charge in [-0.05, 0) is 16.9 Å². The highest BCUT2D eigenvalue weighted by Crippen LogP contribution is 2.28. The molecule has 0 aliphatic heterocycles. The molecule has 0 amide bonds. The number of nitrogens with zero attached hydrogens (tertiary/aromatic N) is 1. The highest BCUT2D eigenvalue weighted by molar-refractivity contribution is 7.99. The third-order valence-electron chi connectivity index (χ3n) is 2.17. The van der Waals surface area contributed by atoms with E-state index in [1.165, 1.54) is 6.07 Å². The van der Waals surface area contributed by atoms with Gasteiger partial charge >= 0.3 is 5.69 Å². The molecule has 0 fully saturated rings. The fourth-order valence-corrected chi connectivity index (χ4v) is 2.16. The Morgan fingerprint density at radius 3 is 2.78 bits per heavy atom. The SMILES string of the molecule is CC(C)SCCOc1ccc(CCl)cc1[N+](=O)[O-]. The van der Waals surface area contributed by atoms with Gasteiger partial charge in [-0.3, -0.25) is 10.1 Å². The number of thioether (sulfide) groups is 1. The quantitative estimate of drug-likeness (QED) is 0.331. The first-order chi connectivity index (χ1) is 8.54. The van der Waals surface area contributed by atoms with Crippen LogP contribution in [-0.2, 0) is 5.88 Å². The number of halogens is 1. The molecule has 0 spiro atoms. The number of hydrogen-bond acceptors (Lipinski definition) is 4. The van der Waals surface area contributed by atoms with Gasteiger partial charge in [0.2, 0.25) is 0 Å². The fraction of sp³-hybridized carbons (Fsp3) is 0.500. The largest absolute Gasteiger partial charge is 0.486 e. The molecule has 100 valence electrons. The van der Waals surface area contributed by atoms with Crippen molar-refractivity contribution >= 4 is 29.1 Å². The van der Waals surface area contributed by atoms with Crippen molar-refractivity contribution in [3.05, 3.63) is 33.9 Å². The number of alkyl halides is 1. The van der Waals surface area contributed by atoms with Gasteiger partial charge in [-0.15, -0.1) is 11.6 Å². The molecule has 0 saturated carbocycles. The minimum atomic E-state index is -0.443. The number of ether oxygens (including phenoxy) is 1. The van der Waals surface area contributed by atoms with E-state index in [4.69, 9.17) is 16.3 Å². The lowest BCUT2D eigenvalue weighted by Crippen LogP contribution is -2.04. The molecular formula is C12H16ClNO3S. The summed E-state index contributed by atoms with van der Waals surface area (Å²) in [7, 11) is 0. The average molecular weight is 290 g/mol. The number of hydrogen-bond donors (Lipinski definition) is 0. The van der Waals surface area contributed by atoms with Crippen LogP contribution in [0.5, 0.6) is 5.75 Å². The Morgan fingerprint density at radius 1 is 1.50 bits per heavy atom. The molecule has 0 radical (unpaired) electrons. The van der Waals surface area contributed by atoms with Crippen LogP contribution in [0.15, 0.2) is 18.2 Å². The van der Waals surface area contributed by atoms with E-state index in [0.717, 1.165) is 5.75 Å². The minimum absolute atomic E-state index is 0.0253. The molecule has 0 aromatic heterocycles. The van der Waals surface area contributed by atoms with Crippen molar-refractivity contribution < 1.29 is 9.66 Å². The molecule has 0 heterocycles. The molecule has 0 unspecified atom stereocenters. The van der Waals surface area contributed by atoms with E-state index in [9.17, 15) is 10.1 Å². The van der Waals surface area contributed by atoms with Crippen LogP contribution in [0.3, 0.4) is 0 Å². The summed E-state index contributed by atoms with van der Waals surface area (Å²) in [4.78, 5) is 10.5. The monoisotopic (exact) mass is 289 g/mol. The van der Waals surface area contributed by atoms with E-state index < -0.39 is 4.92 Å². The van der Waals surface area contributed by atoms with E-state index in [1.54, 1.807) is 23.9 Å². The Balaban J connectivity index is 2.67. The molecule has 0 aliphatic rings. The fourth-order valence-electron chi connectivity index (χ4n) is 1.35. The minimum Gasteiger partial charge on any atom is -0.486 e. The molecule has 4 nitrogen and oxygen atoms in total. The normalized spacial score (nSPS) is 10.7. The second kappa shape index (κ2) is 7.48. The summed E-state index contributed by atoms with van der Waals surface area (Å²) < 4.78 is 5.44. The summed E-state index contributed by atoms with van der Waals surface area (Å²) in [5, 5.41) is 11.4. The van der Waals surface area contributed by atoms with Crippen molar-refractivity contribution in [2.75, 3.05) is 12.4 Å². The lowest BCUT2D eigenvalue weighted by molar-refractivity contribution is -0.385. The predicted octanol–water partition coefficient (Wildman–Crippen LogP) is 3.85. The van der Waals surface area contributed by atoms with E-state index in [0.29, 0.717) is 23.2 Å². The molecule has 0 N–H and O–H groups in total. The molecule has 0 bridgehead atoms. The zero-order valence-corrected chi connectivity index (χ0v) is 12.0. The second-order valence-corrected chi connectivity index (χ2v) is 5.91. The first-order valence-electron chi connectivity index (χ1n) is 5.62. The van der Waals surface area contributed by atoms with Crippen molar-refractivity contribution in [2.45, 2.75) is 25.0 Å². The maximum Gasteiger partial charge on any atom is 0.311 e. The summed E-state index contributed by atoms with van der Waals surface area (Å²) in [6, 6.07) is 4.80. The van der Waals surface area contributed by atoms with Crippen LogP contribution < -0.4 is 4.74 Å². The van der Waals surface area contributed by atoms with Gasteiger partial charge in [0.1, 0.15) is 0 Å². The Labute approximate surface area is 116 Å². The van der Waals surface area contributed by atoms with E-state index in [-0.39, 0.29) is 11.6 Å². The van der Waals surface area contributed by atoms with Crippen molar-refractivity contribution in [1.82, 2.24) is 0 Å². The molecule has 1 rings (SSSR count). The van der Waals surface area contributed by atoms with Gasteiger partial charge in [0, 0.05) is 17.7 Å². The van der Waals surface area contributed by atoms with Crippen LogP contribution in [0.4, 0.5) is 5.69 Å². The highest BCUT2D eigenvalue weighted by Gasteiger charge is 2.15. The van der Waals surface area contributed by atoms with Crippen LogP contribution in [0.25, 0.3) is 0 Å². The van der Waals surface area contributed by atoms with Gasteiger partial charge in [-0.2, -0.15) is 11.8 Å². The van der Waals surface area contributed by atoms with E-state index in [2.05, 4.69) is 13.8 Å². The lowest BCUT2D eigenvalue weighted by atomic mass is 10.2. The molecule has 18 heavy (non-hydrogen) atoms. The maximum absolute atomic E-state index is 10.9. The third-order valence-corrected chi connectivity index (χ3v) is 3.54. The van der Waals surface area contributed by atoms with Crippen molar-refractivity contribution in [3.8, 4) is 5.75 Å². The maximum atomic E-state index is 10.9. The predicted molar refractivity (Wildman–Crippen MR) is 75.7 cm³/mol. The molecule has 0 saturated heterocycles. The number of nitro groups is 1. The average Bonchev–Trinajstić information content (AvgIpc) is 2.34. The van der Waals surface area contributed by atoms with Gasteiger partial charge in [-0.1, -0.05) is 19.9 Å². The molecule has 1 aromatic rings. The lowest BCUT2D eigenvalue weighted by Gasteiger charge is -2.08. The Kier molecular flexibility index (Phi) is 6.29. The smallest absolute Gasteiger partial charge is 0.311 e. The van der Waals surface area contributed by atoms with Crippen LogP contribution in [0, 0.1) is 10.1 Å². The van der Waals surface area contributed by atoms with Crippen LogP contribution >= 0.6 is 23.4 Å². The van der Waals surface area contributed by atoms with Crippen LogP contribution in [-0.4, -0.2) is 22.5 Å². The first-order valence-corrected chi connectivity index (χ1v) is 7.20. The molecule has 0 atom stereocenters. The third kappa shape index (κ3) is 4.74. The zero-order chi connectivity index (χ0) is 13.5. The van der Waals surface area contributed by atoms with Crippen molar-refractivity contribution in [1.29, 1.82) is 0 Å². The summed E-state index contributed by atoms with van der Waals surface area (Å²) in [6.45, 7) is 4.66. The Morgan fingerprint density at radius 2 is 2.22 bits per heavy atom. The number of benzene rings is 1. The van der Waals surface area contributed by atoms with Crippen LogP contribution in [0.2, 0.25) is 0 Å². The Bertz CT molecular complexity index is 412. The van der Waals surface area contributed by atoms with Crippen molar-refractivity contribution in [3.63, 3.8) is 0 Å². The summed E-state index contributed by atoms with van der Waals surface area (Å²) in [6.07, 6.45) is 0. The van der Waals surface area contributed by atoms with Gasteiger partial charge in [0.05, 0.1) is 11.5 Å². The zero-order valence-electron chi connectivity index (χ0n) is 10.4. The van der Waals surface area contributed by atoms with E-state index in [1.807, 2.05) is 0 Å². The topological polar surface area (TPSA) is 52.4 Å². The standard InChI is InChI=1S/C12H16ClNO3S/c1-9(2)18-6-5-17-12-4-3-10(8-13)7-11(12)14(15)16/h3-4,7,9H,5-6,8H2,1-2H3. The van der Waals surface area contributed by atoms with Gasteiger partial charge in [-0.25, -0.2) is 0 Å². The number of nitro benzene ring substituents is 1. The van der Waals surface area contributed by atoms with E-state index >= 15 is 0 Å². The molecular weight excluding hydrogens is 274 g/mol. The van der Waals surface area contributed by atoms with Crippen LogP contribution in [0.1, 0.15) is 19.4 Å². The summed E-state index contributed by atoms with van der Waals surface area (Å²) in [5.41, 5.74) is 0.690. The molecule has 0 aliphatic carbocycles. The van der Waals surface area contributed by atoms with Gasteiger partial charge < -0.3 is 4.74 Å². The summed E-state index contributed by atoms with van der Waals surface area (Å²) in [5.74, 6) is 1.37. The second-order valence-electron chi connectivity index (χ2n) is 3.96. The first kappa shape index (κ1) is 15.1. The van der Waals surface area contributed by atoms with Gasteiger partial charge in [0.15, 0.2) is 5.75 Å². The molecule has 6 heteroatoms. The highest BCUT2D eigenvalue weighted by atomic mass is 35.5. The summed E-state index contributed by atoms with van der Waals surface area (Å²) >= 11 is 7.41. The molecule has 1 aromatic carbocycles. The Hall–Kier alpha value is -0.940. The van der Waals surface area contributed by atoms with Crippen molar-refractivity contribution in [2.24, 2.45) is 0 Å². The number of rotatable bonds is 7. The van der Waals surface area contributed by atoms with Gasteiger partial charge in [0.25, 0.3) is 0 Å².